The molecule has 2 nitrogen and oxygen atoms in total. The highest BCUT2D eigenvalue weighted by atomic mass is 19.1. The second-order valence-corrected chi connectivity index (χ2v) is 3.45. The minimum absolute atomic E-state index is 0.322. The van der Waals surface area contributed by atoms with Crippen LogP contribution in [-0.2, 0) is 6.54 Å². The number of hydrogen-bond acceptors (Lipinski definition) is 2. The standard InChI is InChI=1S/C11H13FN2/c1-8(2)14-7-10-4-3-9(6-13)5-11(10)12/h3-5,8,14H,7H2,1-2H3. The van der Waals surface area contributed by atoms with Crippen molar-refractivity contribution >= 4 is 0 Å². The van der Waals surface area contributed by atoms with Gasteiger partial charge in [0.15, 0.2) is 0 Å². The van der Waals surface area contributed by atoms with Crippen LogP contribution in [0.15, 0.2) is 18.2 Å². The molecule has 0 spiro atoms. The van der Waals surface area contributed by atoms with E-state index in [2.05, 4.69) is 5.32 Å². The molecule has 0 unspecified atom stereocenters. The Morgan fingerprint density at radius 1 is 1.50 bits per heavy atom. The molecule has 1 rings (SSSR count). The zero-order chi connectivity index (χ0) is 10.6. The molecule has 14 heavy (non-hydrogen) atoms. The van der Waals surface area contributed by atoms with Crippen LogP contribution in [0.2, 0.25) is 0 Å². The Balaban J connectivity index is 2.75. The number of nitrogens with one attached hydrogen (secondary N) is 1. The normalized spacial score (nSPS) is 10.2. The maximum atomic E-state index is 13.3. The van der Waals surface area contributed by atoms with Crippen molar-refractivity contribution in [3.8, 4) is 6.07 Å². The molecule has 3 heteroatoms. The van der Waals surface area contributed by atoms with Crippen LogP contribution in [0.4, 0.5) is 4.39 Å². The molecule has 1 aromatic carbocycles. The van der Waals surface area contributed by atoms with E-state index in [1.54, 1.807) is 12.1 Å². The van der Waals surface area contributed by atoms with E-state index < -0.39 is 0 Å². The second kappa shape index (κ2) is 4.73. The smallest absolute Gasteiger partial charge is 0.129 e. The van der Waals surface area contributed by atoms with Gasteiger partial charge in [-0.3, -0.25) is 0 Å². The lowest BCUT2D eigenvalue weighted by Gasteiger charge is -2.08. The molecule has 0 radical (unpaired) electrons. The van der Waals surface area contributed by atoms with Crippen molar-refractivity contribution in [3.05, 3.63) is 35.1 Å². The zero-order valence-corrected chi connectivity index (χ0v) is 8.34. The quantitative estimate of drug-likeness (QED) is 0.796. The van der Waals surface area contributed by atoms with Gasteiger partial charge in [0.25, 0.3) is 0 Å². The molecule has 0 aliphatic rings. The summed E-state index contributed by atoms with van der Waals surface area (Å²) in [6, 6.07) is 6.75. The third-order valence-corrected chi connectivity index (χ3v) is 1.88. The van der Waals surface area contributed by atoms with Crippen LogP contribution in [0.1, 0.15) is 25.0 Å². The number of halogens is 1. The molecular weight excluding hydrogens is 179 g/mol. The Morgan fingerprint density at radius 2 is 2.21 bits per heavy atom. The monoisotopic (exact) mass is 192 g/mol. The number of nitrogens with zero attached hydrogens (tertiary/aromatic N) is 1. The van der Waals surface area contributed by atoms with Gasteiger partial charge < -0.3 is 5.32 Å². The largest absolute Gasteiger partial charge is 0.310 e. The minimum Gasteiger partial charge on any atom is -0.310 e. The number of rotatable bonds is 3. The first kappa shape index (κ1) is 10.7. The van der Waals surface area contributed by atoms with Gasteiger partial charge in [-0.2, -0.15) is 5.26 Å². The molecule has 0 amide bonds. The lowest BCUT2D eigenvalue weighted by Crippen LogP contribution is -2.22. The lowest BCUT2D eigenvalue weighted by molar-refractivity contribution is 0.553. The van der Waals surface area contributed by atoms with E-state index >= 15 is 0 Å². The summed E-state index contributed by atoms with van der Waals surface area (Å²) in [6.45, 7) is 4.50. The predicted octanol–water partition coefficient (Wildman–Crippen LogP) is 2.20. The summed E-state index contributed by atoms with van der Waals surface area (Å²) in [6.07, 6.45) is 0. The molecule has 1 aromatic rings. The first-order chi connectivity index (χ1) is 6.63. The van der Waals surface area contributed by atoms with Crippen molar-refractivity contribution < 1.29 is 4.39 Å². The minimum atomic E-state index is -0.322. The molecule has 0 bridgehead atoms. The predicted molar refractivity (Wildman–Crippen MR) is 53.1 cm³/mol. The van der Waals surface area contributed by atoms with Gasteiger partial charge in [-0.25, -0.2) is 4.39 Å². The van der Waals surface area contributed by atoms with Crippen molar-refractivity contribution in [3.63, 3.8) is 0 Å². The molecule has 0 saturated carbocycles. The Kier molecular flexibility index (Phi) is 3.61. The highest BCUT2D eigenvalue weighted by Crippen LogP contribution is 2.09. The maximum absolute atomic E-state index is 13.3. The number of nitriles is 1. The summed E-state index contributed by atoms with van der Waals surface area (Å²) in [4.78, 5) is 0. The summed E-state index contributed by atoms with van der Waals surface area (Å²) in [5, 5.41) is 11.7. The zero-order valence-electron chi connectivity index (χ0n) is 8.34. The van der Waals surface area contributed by atoms with Gasteiger partial charge in [-0.1, -0.05) is 19.9 Å². The fourth-order valence-corrected chi connectivity index (χ4v) is 1.07. The van der Waals surface area contributed by atoms with Gasteiger partial charge in [0, 0.05) is 18.2 Å². The summed E-state index contributed by atoms with van der Waals surface area (Å²) < 4.78 is 13.3. The lowest BCUT2D eigenvalue weighted by atomic mass is 10.1. The topological polar surface area (TPSA) is 35.8 Å². The Morgan fingerprint density at radius 3 is 2.71 bits per heavy atom. The molecular formula is C11H13FN2. The average molecular weight is 192 g/mol. The van der Waals surface area contributed by atoms with Crippen LogP contribution in [0.25, 0.3) is 0 Å². The third-order valence-electron chi connectivity index (χ3n) is 1.88. The number of hydrogen-bond donors (Lipinski definition) is 1. The van der Waals surface area contributed by atoms with E-state index in [1.165, 1.54) is 6.07 Å². The Labute approximate surface area is 83.4 Å². The highest BCUT2D eigenvalue weighted by Gasteiger charge is 2.03. The molecule has 0 fully saturated rings. The van der Waals surface area contributed by atoms with E-state index in [0.717, 1.165) is 0 Å². The third kappa shape index (κ3) is 2.82. The Bertz CT molecular complexity index is 353. The molecule has 0 saturated heterocycles. The van der Waals surface area contributed by atoms with Crippen LogP contribution in [0.5, 0.6) is 0 Å². The molecule has 0 aliphatic carbocycles. The fraction of sp³-hybridized carbons (Fsp3) is 0.364. The van der Waals surface area contributed by atoms with E-state index in [0.29, 0.717) is 23.7 Å². The van der Waals surface area contributed by atoms with Crippen molar-refractivity contribution in [1.29, 1.82) is 5.26 Å². The maximum Gasteiger partial charge on any atom is 0.129 e. The summed E-state index contributed by atoms with van der Waals surface area (Å²) in [7, 11) is 0. The van der Waals surface area contributed by atoms with Gasteiger partial charge >= 0.3 is 0 Å². The van der Waals surface area contributed by atoms with E-state index in [1.807, 2.05) is 19.9 Å². The Hall–Kier alpha value is -1.40. The van der Waals surface area contributed by atoms with Gasteiger partial charge in [0.2, 0.25) is 0 Å². The fourth-order valence-electron chi connectivity index (χ4n) is 1.07. The first-order valence-electron chi connectivity index (χ1n) is 4.55. The van der Waals surface area contributed by atoms with Crippen molar-refractivity contribution in [2.24, 2.45) is 0 Å². The first-order valence-corrected chi connectivity index (χ1v) is 4.55. The van der Waals surface area contributed by atoms with Crippen molar-refractivity contribution in [2.75, 3.05) is 0 Å². The highest BCUT2D eigenvalue weighted by molar-refractivity contribution is 5.32. The average Bonchev–Trinajstić information content (AvgIpc) is 2.15. The molecule has 0 aliphatic heterocycles. The molecule has 0 aromatic heterocycles. The van der Waals surface area contributed by atoms with E-state index in [9.17, 15) is 4.39 Å². The van der Waals surface area contributed by atoms with Crippen LogP contribution in [0.3, 0.4) is 0 Å². The molecule has 0 atom stereocenters. The van der Waals surface area contributed by atoms with Gasteiger partial charge in [0.1, 0.15) is 5.82 Å². The van der Waals surface area contributed by atoms with Crippen LogP contribution >= 0.6 is 0 Å². The van der Waals surface area contributed by atoms with Crippen molar-refractivity contribution in [1.82, 2.24) is 5.32 Å². The molecule has 1 N–H and O–H groups in total. The molecule has 74 valence electrons. The number of benzene rings is 1. The van der Waals surface area contributed by atoms with E-state index in [-0.39, 0.29) is 5.82 Å². The van der Waals surface area contributed by atoms with Crippen LogP contribution < -0.4 is 5.32 Å². The second-order valence-electron chi connectivity index (χ2n) is 3.45. The van der Waals surface area contributed by atoms with Crippen molar-refractivity contribution in [2.45, 2.75) is 26.4 Å². The molecule has 0 heterocycles. The van der Waals surface area contributed by atoms with Gasteiger partial charge in [0.05, 0.1) is 11.6 Å². The van der Waals surface area contributed by atoms with Crippen LogP contribution in [0, 0.1) is 17.1 Å². The summed E-state index contributed by atoms with van der Waals surface area (Å²) in [5.74, 6) is -0.322. The van der Waals surface area contributed by atoms with Crippen LogP contribution in [-0.4, -0.2) is 6.04 Å². The summed E-state index contributed by atoms with van der Waals surface area (Å²) >= 11 is 0. The summed E-state index contributed by atoms with van der Waals surface area (Å²) in [5.41, 5.74) is 0.952. The van der Waals surface area contributed by atoms with Gasteiger partial charge in [-0.05, 0) is 12.1 Å². The van der Waals surface area contributed by atoms with E-state index in [4.69, 9.17) is 5.26 Å². The SMILES string of the molecule is CC(C)NCc1ccc(C#N)cc1F. The van der Waals surface area contributed by atoms with Gasteiger partial charge in [-0.15, -0.1) is 0 Å².